The number of fused-ring (bicyclic) bond motifs is 1. The maximum absolute atomic E-state index is 12.6. The summed E-state index contributed by atoms with van der Waals surface area (Å²) in [6.07, 6.45) is 2.79. The van der Waals surface area contributed by atoms with Crippen molar-refractivity contribution in [3.63, 3.8) is 0 Å². The number of nitrogens with one attached hydrogen (secondary N) is 1. The molecule has 0 spiro atoms. The van der Waals surface area contributed by atoms with Crippen molar-refractivity contribution in [2.45, 2.75) is 45.2 Å². The molecule has 3 rings (SSSR count). The van der Waals surface area contributed by atoms with E-state index in [1.165, 1.54) is 5.56 Å². The van der Waals surface area contributed by atoms with E-state index in [1.54, 1.807) is 0 Å². The molecular formula is C17H26ClN3O. The summed E-state index contributed by atoms with van der Waals surface area (Å²) in [5.41, 5.74) is 8.49. The second-order valence-electron chi connectivity index (χ2n) is 7.06. The number of hydrogen-bond acceptors (Lipinski definition) is 3. The number of hydrogen-bond donors (Lipinski definition) is 2. The number of nitrogens with two attached hydrogens (primary N) is 1. The Morgan fingerprint density at radius 3 is 2.73 bits per heavy atom. The number of amides is 1. The zero-order valence-corrected chi connectivity index (χ0v) is 14.2. The molecule has 5 heteroatoms. The van der Waals surface area contributed by atoms with E-state index in [2.05, 4.69) is 30.1 Å². The average Bonchev–Trinajstić information content (AvgIpc) is 2.60. The summed E-state index contributed by atoms with van der Waals surface area (Å²) in [5.74, 6) is 0.131. The lowest BCUT2D eigenvalue weighted by molar-refractivity contribution is -0.122. The van der Waals surface area contributed by atoms with E-state index in [4.69, 9.17) is 5.73 Å². The predicted molar refractivity (Wildman–Crippen MR) is 92.4 cm³/mol. The standard InChI is InChI=1S/C17H25N3O.ClH/c1-17(2)11-20(10-9-15(17)18)14-8-7-12-5-3-4-6-13(12)19-16(14)21;/h3-6,14-15H,7-11,18H2,1-2H3,(H,19,21);1H. The van der Waals surface area contributed by atoms with Gasteiger partial charge in [-0.15, -0.1) is 12.4 Å². The lowest BCUT2D eigenvalue weighted by Crippen LogP contribution is -2.57. The van der Waals surface area contributed by atoms with E-state index >= 15 is 0 Å². The molecule has 0 aliphatic carbocycles. The number of para-hydroxylation sites is 1. The molecule has 3 N–H and O–H groups in total. The van der Waals surface area contributed by atoms with Crippen LogP contribution < -0.4 is 11.1 Å². The second kappa shape index (κ2) is 6.57. The molecule has 1 aromatic rings. The van der Waals surface area contributed by atoms with Crippen LogP contribution in [0.1, 0.15) is 32.3 Å². The van der Waals surface area contributed by atoms with Crippen LogP contribution >= 0.6 is 12.4 Å². The third-order valence-electron chi connectivity index (χ3n) is 5.05. The van der Waals surface area contributed by atoms with Gasteiger partial charge in [0.05, 0.1) is 6.04 Å². The molecule has 22 heavy (non-hydrogen) atoms. The first kappa shape index (κ1) is 17.3. The van der Waals surface area contributed by atoms with Crippen molar-refractivity contribution >= 4 is 24.0 Å². The zero-order chi connectivity index (χ0) is 15.0. The highest BCUT2D eigenvalue weighted by Gasteiger charge is 2.38. The smallest absolute Gasteiger partial charge is 0.241 e. The minimum Gasteiger partial charge on any atom is -0.327 e. The second-order valence-corrected chi connectivity index (χ2v) is 7.06. The quantitative estimate of drug-likeness (QED) is 0.834. The third kappa shape index (κ3) is 3.29. The van der Waals surface area contributed by atoms with Gasteiger partial charge in [-0.1, -0.05) is 32.0 Å². The number of rotatable bonds is 1. The molecule has 1 saturated heterocycles. The van der Waals surface area contributed by atoms with Crippen LogP contribution in [0.2, 0.25) is 0 Å². The molecule has 0 bridgehead atoms. The molecule has 0 saturated carbocycles. The lowest BCUT2D eigenvalue weighted by atomic mass is 9.79. The molecule has 1 aromatic carbocycles. The van der Waals surface area contributed by atoms with Crippen molar-refractivity contribution in [3.05, 3.63) is 29.8 Å². The molecule has 4 nitrogen and oxygen atoms in total. The maximum atomic E-state index is 12.6. The number of piperidine rings is 1. The Hall–Kier alpha value is -1.10. The number of halogens is 1. The Morgan fingerprint density at radius 2 is 2.00 bits per heavy atom. The minimum atomic E-state index is -0.0378. The number of likely N-dealkylation sites (tertiary alicyclic amines) is 1. The molecular weight excluding hydrogens is 298 g/mol. The monoisotopic (exact) mass is 323 g/mol. The van der Waals surface area contributed by atoms with Crippen LogP contribution in [0.15, 0.2) is 24.3 Å². The summed E-state index contributed by atoms with van der Waals surface area (Å²) < 4.78 is 0. The Morgan fingerprint density at radius 1 is 1.27 bits per heavy atom. The van der Waals surface area contributed by atoms with E-state index < -0.39 is 0 Å². The number of nitrogens with zero attached hydrogens (tertiary/aromatic N) is 1. The van der Waals surface area contributed by atoms with Gasteiger partial charge in [-0.3, -0.25) is 9.69 Å². The molecule has 2 heterocycles. The van der Waals surface area contributed by atoms with E-state index in [1.807, 2.05) is 18.2 Å². The summed E-state index contributed by atoms with van der Waals surface area (Å²) in [5, 5.41) is 3.10. The Labute approximate surface area is 138 Å². The van der Waals surface area contributed by atoms with Crippen LogP contribution in [0.25, 0.3) is 0 Å². The first-order valence-electron chi connectivity index (χ1n) is 7.86. The molecule has 2 unspecified atom stereocenters. The van der Waals surface area contributed by atoms with E-state index in [0.717, 1.165) is 38.0 Å². The topological polar surface area (TPSA) is 58.4 Å². The van der Waals surface area contributed by atoms with Crippen LogP contribution in [0, 0.1) is 5.41 Å². The highest BCUT2D eigenvalue weighted by molar-refractivity contribution is 5.96. The number of carbonyl (C=O) groups is 1. The highest BCUT2D eigenvalue weighted by Crippen LogP contribution is 2.31. The van der Waals surface area contributed by atoms with Crippen molar-refractivity contribution in [3.8, 4) is 0 Å². The number of aryl methyl sites for hydroxylation is 1. The Bertz CT molecular complexity index is 546. The van der Waals surface area contributed by atoms with Gasteiger partial charge in [-0.05, 0) is 36.3 Å². The molecule has 122 valence electrons. The van der Waals surface area contributed by atoms with Gasteiger partial charge < -0.3 is 11.1 Å². The van der Waals surface area contributed by atoms with Crippen molar-refractivity contribution < 1.29 is 4.79 Å². The summed E-state index contributed by atoms with van der Waals surface area (Å²) >= 11 is 0. The van der Waals surface area contributed by atoms with Crippen LogP contribution in [-0.4, -0.2) is 36.0 Å². The van der Waals surface area contributed by atoms with Crippen LogP contribution in [-0.2, 0) is 11.2 Å². The largest absolute Gasteiger partial charge is 0.327 e. The molecule has 2 aliphatic rings. The highest BCUT2D eigenvalue weighted by atomic mass is 35.5. The van der Waals surface area contributed by atoms with E-state index in [-0.39, 0.29) is 35.8 Å². The van der Waals surface area contributed by atoms with Gasteiger partial charge in [-0.25, -0.2) is 0 Å². The number of benzene rings is 1. The van der Waals surface area contributed by atoms with Crippen LogP contribution in [0.4, 0.5) is 5.69 Å². The Kier molecular flexibility index (Phi) is 5.15. The van der Waals surface area contributed by atoms with Crippen LogP contribution in [0.3, 0.4) is 0 Å². The van der Waals surface area contributed by atoms with Crippen molar-refractivity contribution in [1.82, 2.24) is 4.90 Å². The van der Waals surface area contributed by atoms with Gasteiger partial charge in [0, 0.05) is 24.8 Å². The van der Waals surface area contributed by atoms with Gasteiger partial charge in [0.15, 0.2) is 0 Å². The third-order valence-corrected chi connectivity index (χ3v) is 5.05. The first-order chi connectivity index (χ1) is 9.97. The SMILES string of the molecule is CC1(C)CN(C2CCc3ccccc3NC2=O)CCC1N.Cl. The van der Waals surface area contributed by atoms with Gasteiger partial charge in [0.2, 0.25) is 5.91 Å². The molecule has 0 radical (unpaired) electrons. The molecule has 1 amide bonds. The Balaban J connectivity index is 0.00000176. The van der Waals surface area contributed by atoms with Crippen molar-refractivity contribution in [2.75, 3.05) is 18.4 Å². The van der Waals surface area contributed by atoms with Crippen LogP contribution in [0.5, 0.6) is 0 Å². The van der Waals surface area contributed by atoms with Gasteiger partial charge in [-0.2, -0.15) is 0 Å². The summed E-state index contributed by atoms with van der Waals surface area (Å²) in [6, 6.07) is 8.29. The zero-order valence-electron chi connectivity index (χ0n) is 13.3. The number of anilines is 1. The summed E-state index contributed by atoms with van der Waals surface area (Å²) in [6.45, 7) is 6.21. The fraction of sp³-hybridized carbons (Fsp3) is 0.588. The number of carbonyl (C=O) groups excluding carboxylic acids is 1. The van der Waals surface area contributed by atoms with Crippen molar-refractivity contribution in [1.29, 1.82) is 0 Å². The molecule has 1 fully saturated rings. The predicted octanol–water partition coefficient (Wildman–Crippen LogP) is 2.42. The van der Waals surface area contributed by atoms with Gasteiger partial charge >= 0.3 is 0 Å². The van der Waals surface area contributed by atoms with Gasteiger partial charge in [0.1, 0.15) is 0 Å². The molecule has 0 aromatic heterocycles. The first-order valence-corrected chi connectivity index (χ1v) is 7.86. The summed E-state index contributed by atoms with van der Waals surface area (Å²) in [4.78, 5) is 14.9. The molecule has 2 atom stereocenters. The molecule has 2 aliphatic heterocycles. The lowest BCUT2D eigenvalue weighted by Gasteiger charge is -2.45. The van der Waals surface area contributed by atoms with E-state index in [9.17, 15) is 4.79 Å². The maximum Gasteiger partial charge on any atom is 0.241 e. The fourth-order valence-electron chi connectivity index (χ4n) is 3.53. The normalized spacial score (nSPS) is 28.0. The average molecular weight is 324 g/mol. The van der Waals surface area contributed by atoms with Gasteiger partial charge in [0.25, 0.3) is 0 Å². The van der Waals surface area contributed by atoms with Crippen molar-refractivity contribution in [2.24, 2.45) is 11.1 Å². The fourth-order valence-corrected chi connectivity index (χ4v) is 3.53. The van der Waals surface area contributed by atoms with E-state index in [0.29, 0.717) is 0 Å². The minimum absolute atomic E-state index is 0. The summed E-state index contributed by atoms with van der Waals surface area (Å²) in [7, 11) is 0.